The van der Waals surface area contributed by atoms with Crippen LogP contribution in [0.25, 0.3) is 0 Å². The highest BCUT2D eigenvalue weighted by Crippen LogP contribution is 2.33. The summed E-state index contributed by atoms with van der Waals surface area (Å²) in [5.74, 6) is 1.45. The normalized spacial score (nSPS) is 15.8. The molecule has 1 aromatic carbocycles. The van der Waals surface area contributed by atoms with Gasteiger partial charge in [0.15, 0.2) is 0 Å². The van der Waals surface area contributed by atoms with Gasteiger partial charge in [0, 0.05) is 0 Å². The molecule has 1 aliphatic rings. The second kappa shape index (κ2) is 7.27. The van der Waals surface area contributed by atoms with Crippen LogP contribution in [0.1, 0.15) is 43.7 Å². The first-order chi connectivity index (χ1) is 8.72. The molecular weight excluding hydrogens is 224 g/mol. The SMILES string of the molecule is CC.COc1cc(C2CCNCC2)c(C)cc1N. The van der Waals surface area contributed by atoms with Crippen molar-refractivity contribution in [1.29, 1.82) is 0 Å². The smallest absolute Gasteiger partial charge is 0.142 e. The zero-order valence-corrected chi connectivity index (χ0v) is 12.0. The second-order valence-electron chi connectivity index (χ2n) is 4.48. The van der Waals surface area contributed by atoms with Gasteiger partial charge in [-0.3, -0.25) is 0 Å². The van der Waals surface area contributed by atoms with Crippen molar-refractivity contribution in [2.45, 2.75) is 39.5 Å². The number of anilines is 1. The van der Waals surface area contributed by atoms with Gasteiger partial charge in [-0.05, 0) is 62.0 Å². The first kappa shape index (κ1) is 14.8. The quantitative estimate of drug-likeness (QED) is 0.793. The number of piperidine rings is 1. The average Bonchev–Trinajstić information content (AvgIpc) is 2.42. The van der Waals surface area contributed by atoms with Gasteiger partial charge < -0.3 is 15.8 Å². The number of aryl methyl sites for hydroxylation is 1. The molecule has 0 amide bonds. The maximum Gasteiger partial charge on any atom is 0.142 e. The van der Waals surface area contributed by atoms with E-state index >= 15 is 0 Å². The van der Waals surface area contributed by atoms with Crippen LogP contribution in [0.3, 0.4) is 0 Å². The highest BCUT2D eigenvalue weighted by Gasteiger charge is 2.18. The average molecular weight is 250 g/mol. The Labute approximate surface area is 111 Å². The van der Waals surface area contributed by atoms with Crippen molar-refractivity contribution in [3.63, 3.8) is 0 Å². The number of rotatable bonds is 2. The van der Waals surface area contributed by atoms with Gasteiger partial charge in [-0.15, -0.1) is 0 Å². The van der Waals surface area contributed by atoms with Crippen LogP contribution in [-0.4, -0.2) is 20.2 Å². The largest absolute Gasteiger partial charge is 0.495 e. The second-order valence-corrected chi connectivity index (χ2v) is 4.48. The lowest BCUT2D eigenvalue weighted by Crippen LogP contribution is -2.27. The molecular formula is C15H26N2O. The van der Waals surface area contributed by atoms with Gasteiger partial charge in [0.25, 0.3) is 0 Å². The molecule has 1 saturated heterocycles. The number of hydrogen-bond acceptors (Lipinski definition) is 3. The van der Waals surface area contributed by atoms with E-state index < -0.39 is 0 Å². The third-order valence-electron chi connectivity index (χ3n) is 3.40. The van der Waals surface area contributed by atoms with Crippen LogP contribution in [0.4, 0.5) is 5.69 Å². The molecule has 0 saturated carbocycles. The van der Waals surface area contributed by atoms with Crippen molar-refractivity contribution in [3.8, 4) is 5.75 Å². The molecule has 1 fully saturated rings. The molecule has 1 heterocycles. The van der Waals surface area contributed by atoms with E-state index in [-0.39, 0.29) is 0 Å². The maximum absolute atomic E-state index is 5.89. The molecule has 0 radical (unpaired) electrons. The molecule has 0 atom stereocenters. The van der Waals surface area contributed by atoms with Crippen LogP contribution in [0.15, 0.2) is 12.1 Å². The van der Waals surface area contributed by atoms with Crippen LogP contribution >= 0.6 is 0 Å². The van der Waals surface area contributed by atoms with Crippen molar-refractivity contribution in [2.75, 3.05) is 25.9 Å². The summed E-state index contributed by atoms with van der Waals surface area (Å²) in [5.41, 5.74) is 9.31. The lowest BCUT2D eigenvalue weighted by molar-refractivity contribution is 0.413. The zero-order valence-electron chi connectivity index (χ0n) is 12.0. The molecule has 3 N–H and O–H groups in total. The van der Waals surface area contributed by atoms with Crippen molar-refractivity contribution in [3.05, 3.63) is 23.3 Å². The van der Waals surface area contributed by atoms with Crippen LogP contribution in [0.5, 0.6) is 5.75 Å². The van der Waals surface area contributed by atoms with Crippen molar-refractivity contribution < 1.29 is 4.74 Å². The molecule has 2 rings (SSSR count). The summed E-state index contributed by atoms with van der Waals surface area (Å²) in [5, 5.41) is 3.39. The molecule has 1 aliphatic heterocycles. The Bertz CT molecular complexity index is 371. The van der Waals surface area contributed by atoms with Crippen molar-refractivity contribution in [1.82, 2.24) is 5.32 Å². The minimum atomic E-state index is 0.649. The number of nitrogen functional groups attached to an aromatic ring is 1. The summed E-state index contributed by atoms with van der Waals surface area (Å²) >= 11 is 0. The predicted molar refractivity (Wildman–Crippen MR) is 78.3 cm³/mol. The van der Waals surface area contributed by atoms with Gasteiger partial charge in [-0.2, -0.15) is 0 Å². The molecule has 0 aromatic heterocycles. The van der Waals surface area contributed by atoms with E-state index in [1.165, 1.54) is 24.0 Å². The van der Waals surface area contributed by atoms with Crippen molar-refractivity contribution >= 4 is 5.69 Å². The van der Waals surface area contributed by atoms with E-state index in [9.17, 15) is 0 Å². The Hall–Kier alpha value is -1.22. The molecule has 1 aromatic rings. The number of hydrogen-bond donors (Lipinski definition) is 2. The van der Waals surface area contributed by atoms with Gasteiger partial charge in [-0.25, -0.2) is 0 Å². The summed E-state index contributed by atoms with van der Waals surface area (Å²) < 4.78 is 5.29. The van der Waals surface area contributed by atoms with Crippen LogP contribution < -0.4 is 15.8 Å². The summed E-state index contributed by atoms with van der Waals surface area (Å²) in [6.07, 6.45) is 2.40. The van der Waals surface area contributed by atoms with Gasteiger partial charge in [-0.1, -0.05) is 13.8 Å². The lowest BCUT2D eigenvalue weighted by Gasteiger charge is -2.25. The Morgan fingerprint density at radius 3 is 2.39 bits per heavy atom. The molecule has 0 unspecified atom stereocenters. The van der Waals surface area contributed by atoms with E-state index in [0.29, 0.717) is 5.92 Å². The van der Waals surface area contributed by atoms with Crippen LogP contribution in [0.2, 0.25) is 0 Å². The standard InChI is InChI=1S/C13H20N2O.C2H6/c1-9-7-12(14)13(16-2)8-11(9)10-3-5-15-6-4-10;1-2/h7-8,10,15H,3-6,14H2,1-2H3;1-2H3. The third kappa shape index (κ3) is 3.39. The van der Waals surface area contributed by atoms with E-state index in [1.807, 2.05) is 19.9 Å². The number of nitrogens with one attached hydrogen (secondary N) is 1. The van der Waals surface area contributed by atoms with Crippen LogP contribution in [0, 0.1) is 6.92 Å². The van der Waals surface area contributed by atoms with E-state index in [4.69, 9.17) is 10.5 Å². The molecule has 102 valence electrons. The topological polar surface area (TPSA) is 47.3 Å². The minimum Gasteiger partial charge on any atom is -0.495 e. The molecule has 0 bridgehead atoms. The van der Waals surface area contributed by atoms with Gasteiger partial charge in [0.05, 0.1) is 12.8 Å². The van der Waals surface area contributed by atoms with Crippen molar-refractivity contribution in [2.24, 2.45) is 0 Å². The number of ether oxygens (including phenoxy) is 1. The Morgan fingerprint density at radius 2 is 1.83 bits per heavy atom. The van der Waals surface area contributed by atoms with Crippen LogP contribution in [-0.2, 0) is 0 Å². The highest BCUT2D eigenvalue weighted by molar-refractivity contribution is 5.57. The molecule has 0 aliphatic carbocycles. The molecule has 3 heteroatoms. The van der Waals surface area contributed by atoms with Gasteiger partial charge >= 0.3 is 0 Å². The molecule has 3 nitrogen and oxygen atoms in total. The first-order valence-electron chi connectivity index (χ1n) is 6.87. The minimum absolute atomic E-state index is 0.649. The molecule has 18 heavy (non-hydrogen) atoms. The molecule has 0 spiro atoms. The number of methoxy groups -OCH3 is 1. The third-order valence-corrected chi connectivity index (χ3v) is 3.40. The van der Waals surface area contributed by atoms with E-state index in [0.717, 1.165) is 24.5 Å². The van der Waals surface area contributed by atoms with Gasteiger partial charge in [0.1, 0.15) is 5.75 Å². The zero-order chi connectivity index (χ0) is 13.5. The summed E-state index contributed by atoms with van der Waals surface area (Å²) in [6.45, 7) is 8.35. The Morgan fingerprint density at radius 1 is 1.22 bits per heavy atom. The fourth-order valence-electron chi connectivity index (χ4n) is 2.48. The first-order valence-corrected chi connectivity index (χ1v) is 6.87. The maximum atomic E-state index is 5.89. The van der Waals surface area contributed by atoms with Gasteiger partial charge in [0.2, 0.25) is 0 Å². The fourth-order valence-corrected chi connectivity index (χ4v) is 2.48. The van der Waals surface area contributed by atoms with E-state index in [1.54, 1.807) is 7.11 Å². The number of nitrogens with two attached hydrogens (primary N) is 1. The Kier molecular flexibility index (Phi) is 5.99. The fraction of sp³-hybridized carbons (Fsp3) is 0.600. The monoisotopic (exact) mass is 250 g/mol. The predicted octanol–water partition coefficient (Wildman–Crippen LogP) is 3.08. The Balaban J connectivity index is 0.000000771. The summed E-state index contributed by atoms with van der Waals surface area (Å²) in [7, 11) is 1.67. The summed E-state index contributed by atoms with van der Waals surface area (Å²) in [4.78, 5) is 0. The van der Waals surface area contributed by atoms with E-state index in [2.05, 4.69) is 18.3 Å². The number of benzene rings is 1. The summed E-state index contributed by atoms with van der Waals surface area (Å²) in [6, 6.07) is 4.14. The highest BCUT2D eigenvalue weighted by atomic mass is 16.5. The lowest BCUT2D eigenvalue weighted by atomic mass is 9.87.